The average Bonchev–Trinajstić information content (AvgIpc) is 2.43. The van der Waals surface area contributed by atoms with Crippen LogP contribution in [0.1, 0.15) is 23.5 Å². The first-order valence-corrected chi connectivity index (χ1v) is 6.23. The third-order valence-electron chi connectivity index (χ3n) is 3.43. The average molecular weight is 260 g/mol. The van der Waals surface area contributed by atoms with Gasteiger partial charge in [0.25, 0.3) is 0 Å². The predicted octanol–water partition coefficient (Wildman–Crippen LogP) is 2.15. The minimum atomic E-state index is -0.949. The number of rotatable bonds is 4. The number of hydrogen-bond acceptors (Lipinski definition) is 3. The van der Waals surface area contributed by atoms with E-state index in [9.17, 15) is 14.7 Å². The molecule has 0 heterocycles. The Kier molecular flexibility index (Phi) is 4.00. The molecule has 2 atom stereocenters. The van der Waals surface area contributed by atoms with Gasteiger partial charge in [-0.1, -0.05) is 36.9 Å². The van der Waals surface area contributed by atoms with Crippen LogP contribution in [-0.4, -0.2) is 23.7 Å². The van der Waals surface area contributed by atoms with Crippen LogP contribution < -0.4 is 0 Å². The van der Waals surface area contributed by atoms with E-state index in [2.05, 4.69) is 6.58 Å². The second kappa shape index (κ2) is 5.69. The molecule has 4 nitrogen and oxygen atoms in total. The summed E-state index contributed by atoms with van der Waals surface area (Å²) in [6, 6.07) is 7.45. The molecule has 0 fully saturated rings. The number of carboxylic acids is 1. The lowest BCUT2D eigenvalue weighted by atomic mass is 9.75. The SMILES string of the molecule is C=CCOC(=O)C1c2ccccc2CCC1C(=O)O. The summed E-state index contributed by atoms with van der Waals surface area (Å²) in [6.07, 6.45) is 2.61. The standard InChI is InChI=1S/C15H16O4/c1-2-9-19-15(18)13-11-6-4-3-5-10(11)7-8-12(13)14(16)17/h2-6,12-13H,1,7-9H2,(H,16,17). The minimum absolute atomic E-state index is 0.101. The maximum atomic E-state index is 12.1. The minimum Gasteiger partial charge on any atom is -0.481 e. The van der Waals surface area contributed by atoms with Crippen LogP contribution in [0.2, 0.25) is 0 Å². The summed E-state index contributed by atoms with van der Waals surface area (Å²) in [7, 11) is 0. The summed E-state index contributed by atoms with van der Waals surface area (Å²) in [5.41, 5.74) is 1.80. The third kappa shape index (κ3) is 2.67. The van der Waals surface area contributed by atoms with Gasteiger partial charge in [-0.05, 0) is 24.0 Å². The molecule has 2 rings (SSSR count). The quantitative estimate of drug-likeness (QED) is 0.665. The Labute approximate surface area is 111 Å². The van der Waals surface area contributed by atoms with Crippen molar-refractivity contribution < 1.29 is 19.4 Å². The lowest BCUT2D eigenvalue weighted by molar-refractivity contribution is -0.153. The first-order chi connectivity index (χ1) is 9.15. The van der Waals surface area contributed by atoms with E-state index in [0.717, 1.165) is 11.1 Å². The molecule has 19 heavy (non-hydrogen) atoms. The van der Waals surface area contributed by atoms with Gasteiger partial charge in [0.15, 0.2) is 0 Å². The number of carbonyl (C=O) groups is 2. The number of hydrogen-bond donors (Lipinski definition) is 1. The molecule has 2 unspecified atom stereocenters. The smallest absolute Gasteiger partial charge is 0.314 e. The molecule has 1 N–H and O–H groups in total. The molecular weight excluding hydrogens is 244 g/mol. The highest BCUT2D eigenvalue weighted by Crippen LogP contribution is 2.37. The topological polar surface area (TPSA) is 63.6 Å². The van der Waals surface area contributed by atoms with E-state index in [1.807, 2.05) is 24.3 Å². The second-order valence-corrected chi connectivity index (χ2v) is 4.58. The Morgan fingerprint density at radius 2 is 2.16 bits per heavy atom. The number of esters is 1. The van der Waals surface area contributed by atoms with Gasteiger partial charge in [0.2, 0.25) is 0 Å². The third-order valence-corrected chi connectivity index (χ3v) is 3.43. The molecule has 1 aliphatic carbocycles. The molecule has 1 aromatic rings. The van der Waals surface area contributed by atoms with E-state index in [-0.39, 0.29) is 6.61 Å². The van der Waals surface area contributed by atoms with Gasteiger partial charge >= 0.3 is 11.9 Å². The summed E-state index contributed by atoms with van der Waals surface area (Å²) in [4.78, 5) is 23.4. The van der Waals surface area contributed by atoms with Crippen molar-refractivity contribution in [2.24, 2.45) is 5.92 Å². The van der Waals surface area contributed by atoms with Gasteiger partial charge < -0.3 is 9.84 Å². The Balaban J connectivity index is 2.35. The summed E-state index contributed by atoms with van der Waals surface area (Å²) in [6.45, 7) is 3.58. The van der Waals surface area contributed by atoms with Crippen molar-refractivity contribution in [3.8, 4) is 0 Å². The van der Waals surface area contributed by atoms with Crippen molar-refractivity contribution in [1.82, 2.24) is 0 Å². The van der Waals surface area contributed by atoms with Crippen molar-refractivity contribution in [1.29, 1.82) is 0 Å². The van der Waals surface area contributed by atoms with Crippen LogP contribution in [0.15, 0.2) is 36.9 Å². The predicted molar refractivity (Wildman–Crippen MR) is 69.8 cm³/mol. The van der Waals surface area contributed by atoms with Crippen molar-refractivity contribution in [3.63, 3.8) is 0 Å². The van der Waals surface area contributed by atoms with Crippen molar-refractivity contribution in [2.75, 3.05) is 6.61 Å². The molecule has 1 aliphatic rings. The van der Waals surface area contributed by atoms with Crippen molar-refractivity contribution in [2.45, 2.75) is 18.8 Å². The zero-order valence-electron chi connectivity index (χ0n) is 10.5. The zero-order chi connectivity index (χ0) is 13.8. The fourth-order valence-electron chi connectivity index (χ4n) is 2.55. The molecule has 0 bridgehead atoms. The van der Waals surface area contributed by atoms with Crippen LogP contribution in [0, 0.1) is 5.92 Å². The Morgan fingerprint density at radius 3 is 2.84 bits per heavy atom. The first kappa shape index (κ1) is 13.3. The highest BCUT2D eigenvalue weighted by molar-refractivity contribution is 5.86. The van der Waals surface area contributed by atoms with E-state index in [1.165, 1.54) is 6.08 Å². The van der Waals surface area contributed by atoms with Crippen LogP contribution in [-0.2, 0) is 20.7 Å². The number of ether oxygens (including phenoxy) is 1. The summed E-state index contributed by atoms with van der Waals surface area (Å²) >= 11 is 0. The molecular formula is C15H16O4. The van der Waals surface area contributed by atoms with Gasteiger partial charge in [-0.25, -0.2) is 0 Å². The molecule has 100 valence electrons. The monoisotopic (exact) mass is 260 g/mol. The molecule has 0 amide bonds. The van der Waals surface area contributed by atoms with E-state index in [0.29, 0.717) is 12.8 Å². The number of aliphatic carboxylic acids is 1. The van der Waals surface area contributed by atoms with E-state index in [4.69, 9.17) is 4.74 Å². The number of carboxylic acid groups (broad SMARTS) is 1. The van der Waals surface area contributed by atoms with Crippen LogP contribution in [0.4, 0.5) is 0 Å². The van der Waals surface area contributed by atoms with Gasteiger partial charge in [0.1, 0.15) is 6.61 Å². The van der Waals surface area contributed by atoms with Gasteiger partial charge in [-0.15, -0.1) is 0 Å². The lowest BCUT2D eigenvalue weighted by Crippen LogP contribution is -2.33. The van der Waals surface area contributed by atoms with E-state index >= 15 is 0 Å². The number of carbonyl (C=O) groups excluding carboxylic acids is 1. The first-order valence-electron chi connectivity index (χ1n) is 6.23. The van der Waals surface area contributed by atoms with Crippen LogP contribution in [0.5, 0.6) is 0 Å². The summed E-state index contributed by atoms with van der Waals surface area (Å²) in [5, 5.41) is 9.28. The molecule has 4 heteroatoms. The number of fused-ring (bicyclic) bond motifs is 1. The molecule has 0 saturated carbocycles. The molecule has 1 aromatic carbocycles. The number of benzene rings is 1. The Morgan fingerprint density at radius 1 is 1.42 bits per heavy atom. The Bertz CT molecular complexity index is 507. The highest BCUT2D eigenvalue weighted by Gasteiger charge is 2.39. The summed E-state index contributed by atoms with van der Waals surface area (Å²) < 4.78 is 5.05. The molecule has 0 radical (unpaired) electrons. The molecule has 0 spiro atoms. The Hall–Kier alpha value is -2.10. The van der Waals surface area contributed by atoms with Gasteiger partial charge in [0.05, 0.1) is 11.8 Å². The van der Waals surface area contributed by atoms with Crippen molar-refractivity contribution >= 4 is 11.9 Å². The van der Waals surface area contributed by atoms with E-state index in [1.54, 1.807) is 0 Å². The largest absolute Gasteiger partial charge is 0.481 e. The van der Waals surface area contributed by atoms with Gasteiger partial charge in [0, 0.05) is 0 Å². The summed E-state index contributed by atoms with van der Waals surface area (Å²) in [5.74, 6) is -2.87. The van der Waals surface area contributed by atoms with Crippen molar-refractivity contribution in [3.05, 3.63) is 48.0 Å². The highest BCUT2D eigenvalue weighted by atomic mass is 16.5. The van der Waals surface area contributed by atoms with Gasteiger partial charge in [-0.2, -0.15) is 0 Å². The lowest BCUT2D eigenvalue weighted by Gasteiger charge is -2.29. The fourth-order valence-corrected chi connectivity index (χ4v) is 2.55. The second-order valence-electron chi connectivity index (χ2n) is 4.58. The maximum absolute atomic E-state index is 12.1. The number of aryl methyl sites for hydroxylation is 1. The molecule has 0 aromatic heterocycles. The van der Waals surface area contributed by atoms with E-state index < -0.39 is 23.8 Å². The molecule has 0 saturated heterocycles. The van der Waals surface area contributed by atoms with Crippen LogP contribution in [0.25, 0.3) is 0 Å². The fraction of sp³-hybridized carbons (Fsp3) is 0.333. The maximum Gasteiger partial charge on any atom is 0.314 e. The van der Waals surface area contributed by atoms with Crippen LogP contribution >= 0.6 is 0 Å². The zero-order valence-corrected chi connectivity index (χ0v) is 10.5. The van der Waals surface area contributed by atoms with Gasteiger partial charge in [-0.3, -0.25) is 9.59 Å². The normalized spacial score (nSPS) is 21.3. The van der Waals surface area contributed by atoms with Crippen LogP contribution in [0.3, 0.4) is 0 Å². The molecule has 0 aliphatic heterocycles.